The van der Waals surface area contributed by atoms with Crippen molar-refractivity contribution >= 4 is 5.91 Å². The molecule has 0 aromatic heterocycles. The highest BCUT2D eigenvalue weighted by Gasteiger charge is 2.17. The van der Waals surface area contributed by atoms with E-state index in [4.69, 9.17) is 0 Å². The van der Waals surface area contributed by atoms with Gasteiger partial charge in [-0.25, -0.2) is 4.39 Å². The van der Waals surface area contributed by atoms with Crippen molar-refractivity contribution in [3.63, 3.8) is 0 Å². The lowest BCUT2D eigenvalue weighted by atomic mass is 10.0. The molecule has 1 heterocycles. The van der Waals surface area contributed by atoms with E-state index in [0.29, 0.717) is 18.9 Å². The minimum absolute atomic E-state index is 0.207. The Balaban J connectivity index is 1.69. The number of hydrogen-bond donors (Lipinski definition) is 1. The second-order valence-corrected chi connectivity index (χ2v) is 5.59. The van der Waals surface area contributed by atoms with Crippen LogP contribution >= 0.6 is 0 Å². The van der Waals surface area contributed by atoms with Crippen LogP contribution in [0.1, 0.15) is 24.8 Å². The third-order valence-corrected chi connectivity index (χ3v) is 4.00. The van der Waals surface area contributed by atoms with Crippen LogP contribution in [0.3, 0.4) is 0 Å². The average molecular weight is 278 g/mol. The van der Waals surface area contributed by atoms with E-state index in [0.717, 1.165) is 31.5 Å². The Hall–Kier alpha value is -1.42. The van der Waals surface area contributed by atoms with E-state index in [1.165, 1.54) is 18.6 Å². The largest absolute Gasteiger partial charge is 0.345 e. The molecule has 0 saturated carbocycles. The lowest BCUT2D eigenvalue weighted by molar-refractivity contribution is -0.130. The molecule has 0 radical (unpaired) electrons. The van der Waals surface area contributed by atoms with Crippen molar-refractivity contribution < 1.29 is 9.18 Å². The summed E-state index contributed by atoms with van der Waals surface area (Å²) in [6, 6.07) is 6.48. The van der Waals surface area contributed by atoms with Gasteiger partial charge in [-0.1, -0.05) is 12.1 Å². The molecule has 1 fully saturated rings. The molecule has 1 aromatic rings. The smallest absolute Gasteiger partial charge is 0.222 e. The number of halogens is 1. The maximum atomic E-state index is 12.8. The normalized spacial score (nSPS) is 18.2. The Labute approximate surface area is 120 Å². The first-order chi connectivity index (χ1) is 9.65. The van der Waals surface area contributed by atoms with Crippen LogP contribution in [-0.4, -0.2) is 37.5 Å². The third kappa shape index (κ3) is 4.60. The molecular weight excluding hydrogens is 255 g/mol. The molecule has 1 aromatic carbocycles. The topological polar surface area (TPSA) is 32.3 Å². The van der Waals surface area contributed by atoms with Gasteiger partial charge in [-0.3, -0.25) is 4.79 Å². The van der Waals surface area contributed by atoms with Crippen molar-refractivity contribution in [1.29, 1.82) is 0 Å². The first-order valence-electron chi connectivity index (χ1n) is 7.34. The van der Waals surface area contributed by atoms with Crippen molar-refractivity contribution in [2.24, 2.45) is 5.92 Å². The Kier molecular flexibility index (Phi) is 5.53. The fourth-order valence-electron chi connectivity index (χ4n) is 2.55. The summed E-state index contributed by atoms with van der Waals surface area (Å²) in [5, 5.41) is 3.32. The van der Waals surface area contributed by atoms with Crippen molar-refractivity contribution in [3.8, 4) is 0 Å². The van der Waals surface area contributed by atoms with Crippen molar-refractivity contribution in [1.82, 2.24) is 10.2 Å². The Morgan fingerprint density at radius 1 is 1.40 bits per heavy atom. The SMILES string of the molecule is CN(CCc1ccc(F)cc1)C(=O)CCC1CCNC1. The van der Waals surface area contributed by atoms with Crippen LogP contribution in [-0.2, 0) is 11.2 Å². The van der Waals surface area contributed by atoms with Gasteiger partial charge in [0.1, 0.15) is 5.82 Å². The van der Waals surface area contributed by atoms with Gasteiger partial charge in [0.05, 0.1) is 0 Å². The predicted molar refractivity (Wildman–Crippen MR) is 78.0 cm³/mol. The fourth-order valence-corrected chi connectivity index (χ4v) is 2.55. The zero-order valence-corrected chi connectivity index (χ0v) is 12.1. The van der Waals surface area contributed by atoms with Crippen molar-refractivity contribution in [2.75, 3.05) is 26.7 Å². The molecule has 3 nitrogen and oxygen atoms in total. The summed E-state index contributed by atoms with van der Waals surface area (Å²) in [4.78, 5) is 13.8. The zero-order valence-electron chi connectivity index (χ0n) is 12.1. The standard InChI is InChI=1S/C16H23FN2O/c1-19(11-9-13-2-5-15(17)6-3-13)16(20)7-4-14-8-10-18-12-14/h2-3,5-6,14,18H,4,7-12H2,1H3. The molecule has 1 amide bonds. The number of amides is 1. The molecule has 1 N–H and O–H groups in total. The molecule has 110 valence electrons. The predicted octanol–water partition coefficient (Wildman–Crippen LogP) is 2.22. The molecule has 1 atom stereocenters. The van der Waals surface area contributed by atoms with Crippen LogP contribution in [0.2, 0.25) is 0 Å². The van der Waals surface area contributed by atoms with Crippen LogP contribution < -0.4 is 5.32 Å². The Bertz CT molecular complexity index is 427. The zero-order chi connectivity index (χ0) is 14.4. The van der Waals surface area contributed by atoms with Crippen LogP contribution in [0.5, 0.6) is 0 Å². The average Bonchev–Trinajstić information content (AvgIpc) is 2.97. The molecule has 20 heavy (non-hydrogen) atoms. The third-order valence-electron chi connectivity index (χ3n) is 4.00. The van der Waals surface area contributed by atoms with E-state index in [1.54, 1.807) is 17.0 Å². The molecule has 1 unspecified atom stereocenters. The maximum Gasteiger partial charge on any atom is 0.222 e. The minimum atomic E-state index is -0.219. The second-order valence-electron chi connectivity index (χ2n) is 5.59. The fraction of sp³-hybridized carbons (Fsp3) is 0.562. The number of carbonyl (C=O) groups excluding carboxylic acids is 1. The van der Waals surface area contributed by atoms with Gasteiger partial charge in [0.15, 0.2) is 0 Å². The molecule has 1 saturated heterocycles. The van der Waals surface area contributed by atoms with Gasteiger partial charge < -0.3 is 10.2 Å². The highest BCUT2D eigenvalue weighted by atomic mass is 19.1. The van der Waals surface area contributed by atoms with E-state index in [2.05, 4.69) is 5.32 Å². The van der Waals surface area contributed by atoms with Gasteiger partial charge in [0.2, 0.25) is 5.91 Å². The first-order valence-corrected chi connectivity index (χ1v) is 7.34. The van der Waals surface area contributed by atoms with Crippen LogP contribution in [0.25, 0.3) is 0 Å². The van der Waals surface area contributed by atoms with E-state index >= 15 is 0 Å². The van der Waals surface area contributed by atoms with Gasteiger partial charge in [-0.05, 0) is 56.0 Å². The van der Waals surface area contributed by atoms with Gasteiger partial charge in [-0.2, -0.15) is 0 Å². The van der Waals surface area contributed by atoms with E-state index in [9.17, 15) is 9.18 Å². The Morgan fingerprint density at radius 3 is 2.80 bits per heavy atom. The summed E-state index contributed by atoms with van der Waals surface area (Å²) in [6.07, 6.45) is 3.57. The summed E-state index contributed by atoms with van der Waals surface area (Å²) in [5.41, 5.74) is 1.06. The van der Waals surface area contributed by atoms with Gasteiger partial charge in [-0.15, -0.1) is 0 Å². The van der Waals surface area contributed by atoms with E-state index in [1.807, 2.05) is 7.05 Å². The number of nitrogens with zero attached hydrogens (tertiary/aromatic N) is 1. The van der Waals surface area contributed by atoms with E-state index < -0.39 is 0 Å². The second kappa shape index (κ2) is 7.39. The van der Waals surface area contributed by atoms with Crippen molar-refractivity contribution in [2.45, 2.75) is 25.7 Å². The van der Waals surface area contributed by atoms with Gasteiger partial charge in [0.25, 0.3) is 0 Å². The van der Waals surface area contributed by atoms with Crippen LogP contribution in [0.15, 0.2) is 24.3 Å². The molecular formula is C16H23FN2O. The number of carbonyl (C=O) groups is 1. The summed E-state index contributed by atoms with van der Waals surface area (Å²) in [7, 11) is 1.85. The first kappa shape index (κ1) is 15.0. The number of likely N-dealkylation sites (N-methyl/N-ethyl adjacent to an activating group) is 1. The molecule has 0 bridgehead atoms. The van der Waals surface area contributed by atoms with Crippen molar-refractivity contribution in [3.05, 3.63) is 35.6 Å². The summed E-state index contributed by atoms with van der Waals surface area (Å²) < 4.78 is 12.8. The summed E-state index contributed by atoms with van der Waals surface area (Å²) >= 11 is 0. The van der Waals surface area contributed by atoms with Gasteiger partial charge >= 0.3 is 0 Å². The molecule has 1 aliphatic heterocycles. The number of nitrogens with one attached hydrogen (secondary N) is 1. The quantitative estimate of drug-likeness (QED) is 0.865. The lowest BCUT2D eigenvalue weighted by Crippen LogP contribution is -2.29. The molecule has 1 aliphatic rings. The number of rotatable bonds is 6. The number of hydrogen-bond acceptors (Lipinski definition) is 2. The highest BCUT2D eigenvalue weighted by Crippen LogP contribution is 2.15. The molecule has 0 aliphatic carbocycles. The summed E-state index contributed by atoms with van der Waals surface area (Å²) in [6.45, 7) is 2.82. The highest BCUT2D eigenvalue weighted by molar-refractivity contribution is 5.75. The van der Waals surface area contributed by atoms with E-state index in [-0.39, 0.29) is 11.7 Å². The number of benzene rings is 1. The molecule has 0 spiro atoms. The van der Waals surface area contributed by atoms with Crippen LogP contribution in [0, 0.1) is 11.7 Å². The van der Waals surface area contributed by atoms with Gasteiger partial charge in [0, 0.05) is 20.0 Å². The maximum absolute atomic E-state index is 12.8. The Morgan fingerprint density at radius 2 is 2.15 bits per heavy atom. The van der Waals surface area contributed by atoms with Crippen LogP contribution in [0.4, 0.5) is 4.39 Å². The molecule has 4 heteroatoms. The molecule has 2 rings (SSSR count). The minimum Gasteiger partial charge on any atom is -0.345 e. The summed E-state index contributed by atoms with van der Waals surface area (Å²) in [5.74, 6) is 0.645. The lowest BCUT2D eigenvalue weighted by Gasteiger charge is -2.18. The monoisotopic (exact) mass is 278 g/mol.